The molecule has 7 nitrogen and oxygen atoms in total. The molecular weight excluding hydrogens is 544 g/mol. The Balaban J connectivity index is 1.42. The van der Waals surface area contributed by atoms with E-state index in [1.165, 1.54) is 24.1 Å². The number of aryl methyl sites for hydroxylation is 1. The van der Waals surface area contributed by atoms with Crippen LogP contribution >= 0.6 is 11.9 Å². The molecule has 4 heterocycles. The number of halogens is 4. The Morgan fingerprint density at radius 2 is 1.88 bits per heavy atom. The zero-order valence-electron chi connectivity index (χ0n) is 21.6. The van der Waals surface area contributed by atoms with E-state index in [1.54, 1.807) is 33.9 Å². The number of rotatable bonds is 5. The third-order valence-electron chi connectivity index (χ3n) is 7.62. The van der Waals surface area contributed by atoms with Crippen LogP contribution in [-0.2, 0) is 19.6 Å². The molecule has 12 heteroatoms. The molecule has 4 aromatic rings. The number of ketones is 1. The van der Waals surface area contributed by atoms with E-state index >= 15 is 0 Å². The van der Waals surface area contributed by atoms with Gasteiger partial charge in [-0.3, -0.25) is 14.5 Å². The summed E-state index contributed by atoms with van der Waals surface area (Å²) in [5, 5.41) is 8.81. The van der Waals surface area contributed by atoms with E-state index in [-0.39, 0.29) is 24.5 Å². The number of carbonyl (C=O) groups excluding carboxylic acids is 1. The lowest BCUT2D eigenvalue weighted by atomic mass is 9.65. The minimum atomic E-state index is -4.60. The zero-order valence-corrected chi connectivity index (χ0v) is 22.4. The summed E-state index contributed by atoms with van der Waals surface area (Å²) in [6.07, 6.45) is 2.54. The summed E-state index contributed by atoms with van der Waals surface area (Å²) >= 11 is 1.48. The molecule has 2 aliphatic rings. The van der Waals surface area contributed by atoms with Gasteiger partial charge in [0.25, 0.3) is 0 Å². The second kappa shape index (κ2) is 9.70. The number of Topliss-reactive ketones (excluding diaryl/α,β-unsaturated/α-hetero) is 1. The smallest absolute Gasteiger partial charge is 0.291 e. The molecule has 1 atom stereocenters. The number of benzene rings is 1. The lowest BCUT2D eigenvalue weighted by Crippen LogP contribution is -2.49. The first-order chi connectivity index (χ1) is 19.0. The molecule has 0 amide bonds. The SMILES string of the molecule is Cc1c(SN2CCC3=Cc4c(cnn4-c4ccc(F)cc4)CC3(C(=O)c3cc(C(F)(F)F)ccn3)C2)cnn1C. The predicted octanol–water partition coefficient (Wildman–Crippen LogP) is 5.69. The van der Waals surface area contributed by atoms with Gasteiger partial charge in [0.2, 0.25) is 0 Å². The van der Waals surface area contributed by atoms with E-state index in [2.05, 4.69) is 19.5 Å². The summed E-state index contributed by atoms with van der Waals surface area (Å²) in [6, 6.07) is 7.65. The van der Waals surface area contributed by atoms with E-state index in [9.17, 15) is 22.4 Å². The third-order valence-corrected chi connectivity index (χ3v) is 8.79. The van der Waals surface area contributed by atoms with Crippen LogP contribution in [0.25, 0.3) is 11.8 Å². The number of fused-ring (bicyclic) bond motifs is 2. The molecule has 1 unspecified atom stereocenters. The fraction of sp³-hybridized carbons (Fsp3) is 0.286. The van der Waals surface area contributed by atoms with Gasteiger partial charge in [0.15, 0.2) is 5.78 Å². The number of hydrogen-bond acceptors (Lipinski definition) is 6. The lowest BCUT2D eigenvalue weighted by Gasteiger charge is -2.44. The zero-order chi connectivity index (χ0) is 28.2. The van der Waals surface area contributed by atoms with Crippen molar-refractivity contribution in [3.8, 4) is 5.69 Å². The average molecular weight is 569 g/mol. The van der Waals surface area contributed by atoms with Gasteiger partial charge < -0.3 is 0 Å². The third kappa shape index (κ3) is 4.54. The van der Waals surface area contributed by atoms with Crippen molar-refractivity contribution >= 4 is 23.8 Å². The quantitative estimate of drug-likeness (QED) is 0.175. The van der Waals surface area contributed by atoms with Crippen molar-refractivity contribution in [2.24, 2.45) is 12.5 Å². The van der Waals surface area contributed by atoms with Crippen LogP contribution in [0.1, 0.15) is 39.4 Å². The molecule has 6 rings (SSSR count). The Labute approximate surface area is 231 Å². The Hall–Kier alpha value is -3.77. The fourth-order valence-corrected chi connectivity index (χ4v) is 6.47. The van der Waals surface area contributed by atoms with E-state index in [0.717, 1.165) is 45.7 Å². The molecule has 1 aromatic carbocycles. The van der Waals surface area contributed by atoms with E-state index in [4.69, 9.17) is 0 Å². The van der Waals surface area contributed by atoms with Gasteiger partial charge in [-0.05, 0) is 79.8 Å². The molecule has 3 aromatic heterocycles. The van der Waals surface area contributed by atoms with Crippen LogP contribution in [0, 0.1) is 18.2 Å². The van der Waals surface area contributed by atoms with Crippen LogP contribution in [-0.4, -0.2) is 47.7 Å². The van der Waals surface area contributed by atoms with Crippen LogP contribution in [0.4, 0.5) is 17.6 Å². The molecule has 1 aliphatic heterocycles. The van der Waals surface area contributed by atoms with E-state index in [0.29, 0.717) is 18.7 Å². The highest BCUT2D eigenvalue weighted by Gasteiger charge is 2.50. The van der Waals surface area contributed by atoms with Crippen molar-refractivity contribution in [3.05, 3.63) is 94.6 Å². The molecule has 40 heavy (non-hydrogen) atoms. The van der Waals surface area contributed by atoms with Crippen LogP contribution in [0.5, 0.6) is 0 Å². The van der Waals surface area contributed by atoms with Crippen LogP contribution in [0.15, 0.2) is 65.5 Å². The summed E-state index contributed by atoms with van der Waals surface area (Å²) < 4.78 is 59.7. The van der Waals surface area contributed by atoms with E-state index < -0.39 is 22.9 Å². The number of nitrogens with zero attached hydrogens (tertiary/aromatic N) is 6. The topological polar surface area (TPSA) is 68.8 Å². The normalized spacial score (nSPS) is 19.2. The number of alkyl halides is 3. The van der Waals surface area contributed by atoms with Crippen LogP contribution < -0.4 is 0 Å². The molecule has 0 radical (unpaired) electrons. The Kier molecular flexibility index (Phi) is 6.42. The summed E-state index contributed by atoms with van der Waals surface area (Å²) in [7, 11) is 1.85. The first kappa shape index (κ1) is 26.5. The van der Waals surface area contributed by atoms with Crippen LogP contribution in [0.2, 0.25) is 0 Å². The first-order valence-electron chi connectivity index (χ1n) is 12.6. The maximum atomic E-state index is 14.2. The molecular formula is C28H24F4N6OS. The number of hydrogen-bond donors (Lipinski definition) is 0. The predicted molar refractivity (Wildman–Crippen MR) is 141 cm³/mol. The Morgan fingerprint density at radius 3 is 2.58 bits per heavy atom. The van der Waals surface area contributed by atoms with Gasteiger partial charge in [-0.25, -0.2) is 13.4 Å². The number of carbonyl (C=O) groups is 1. The van der Waals surface area contributed by atoms with Crippen molar-refractivity contribution in [1.82, 2.24) is 28.9 Å². The van der Waals surface area contributed by atoms with Crippen molar-refractivity contribution in [1.29, 1.82) is 0 Å². The summed E-state index contributed by atoms with van der Waals surface area (Å²) in [6.45, 7) is 2.85. The lowest BCUT2D eigenvalue weighted by molar-refractivity contribution is -0.137. The first-order valence-corrected chi connectivity index (χ1v) is 13.4. The molecule has 0 spiro atoms. The number of piperidine rings is 1. The minimum Gasteiger partial charge on any atom is -0.291 e. The van der Waals surface area contributed by atoms with Crippen molar-refractivity contribution in [3.63, 3.8) is 0 Å². The molecule has 1 fully saturated rings. The largest absolute Gasteiger partial charge is 0.416 e. The molecule has 1 aliphatic carbocycles. The average Bonchev–Trinajstić information content (AvgIpc) is 3.49. The van der Waals surface area contributed by atoms with Crippen LogP contribution in [0.3, 0.4) is 0 Å². The molecule has 206 valence electrons. The van der Waals surface area contributed by atoms with Gasteiger partial charge >= 0.3 is 6.18 Å². The standard InChI is InChI=1S/C28H24F4N6OS/c1-17-25(15-34-36(17)2)40-37-10-8-19-12-24-18(14-35-38(24)22-5-3-21(29)4-6-22)13-27(19,16-37)26(39)23-11-20(7-9-33-23)28(30,31)32/h3-7,9,11-12,14-15H,8,10,13,16H2,1-2H3. The second-order valence-electron chi connectivity index (χ2n) is 10.1. The van der Waals surface area contributed by atoms with Gasteiger partial charge in [0.05, 0.1) is 39.6 Å². The maximum absolute atomic E-state index is 14.2. The second-order valence-corrected chi connectivity index (χ2v) is 11.2. The van der Waals surface area contributed by atoms with E-state index in [1.807, 2.05) is 20.0 Å². The van der Waals surface area contributed by atoms with Gasteiger partial charge in [-0.2, -0.15) is 23.4 Å². The van der Waals surface area contributed by atoms with Crippen molar-refractivity contribution in [2.75, 3.05) is 13.1 Å². The van der Waals surface area contributed by atoms with Gasteiger partial charge in [0.1, 0.15) is 11.5 Å². The number of aromatic nitrogens is 5. The van der Waals surface area contributed by atoms with Crippen molar-refractivity contribution in [2.45, 2.75) is 30.8 Å². The summed E-state index contributed by atoms with van der Waals surface area (Å²) in [5.41, 5.74) is 1.72. The maximum Gasteiger partial charge on any atom is 0.416 e. The van der Waals surface area contributed by atoms with Crippen molar-refractivity contribution < 1.29 is 22.4 Å². The minimum absolute atomic E-state index is 0.223. The summed E-state index contributed by atoms with van der Waals surface area (Å²) in [5.74, 6) is -0.826. The van der Waals surface area contributed by atoms with Gasteiger partial charge in [-0.15, -0.1) is 0 Å². The molecule has 0 N–H and O–H groups in total. The molecule has 0 saturated carbocycles. The number of pyridine rings is 1. The highest BCUT2D eigenvalue weighted by molar-refractivity contribution is 7.97. The van der Waals surface area contributed by atoms with Gasteiger partial charge in [-0.1, -0.05) is 5.57 Å². The Morgan fingerprint density at radius 1 is 1.10 bits per heavy atom. The molecule has 1 saturated heterocycles. The summed E-state index contributed by atoms with van der Waals surface area (Å²) in [4.78, 5) is 19.3. The fourth-order valence-electron chi connectivity index (χ4n) is 5.37. The Bertz CT molecular complexity index is 1640. The molecule has 0 bridgehead atoms. The highest BCUT2D eigenvalue weighted by atomic mass is 32.2. The highest BCUT2D eigenvalue weighted by Crippen LogP contribution is 2.48. The van der Waals surface area contributed by atoms with Gasteiger partial charge in [0, 0.05) is 32.0 Å². The monoisotopic (exact) mass is 568 g/mol.